The number of aryl methyl sites for hydroxylation is 1. The lowest BCUT2D eigenvalue weighted by Crippen LogP contribution is -2.30. The molecule has 1 aliphatic carbocycles. The molecule has 32 heavy (non-hydrogen) atoms. The van der Waals surface area contributed by atoms with Crippen LogP contribution in [0.4, 0.5) is 4.39 Å². The molecule has 1 aliphatic rings. The number of hydrogen-bond donors (Lipinski definition) is 1. The molecule has 5 nitrogen and oxygen atoms in total. The topological polar surface area (TPSA) is 68.0 Å². The van der Waals surface area contributed by atoms with Crippen LogP contribution in [0, 0.1) is 5.82 Å². The van der Waals surface area contributed by atoms with Crippen LogP contribution in [0.15, 0.2) is 81.1 Å². The summed E-state index contributed by atoms with van der Waals surface area (Å²) in [5.41, 5.74) is 1.72. The molecule has 0 saturated heterocycles. The molecule has 0 radical (unpaired) electrons. The maximum atomic E-state index is 13.8. The van der Waals surface area contributed by atoms with E-state index in [1.54, 1.807) is 0 Å². The van der Waals surface area contributed by atoms with Crippen LogP contribution in [-0.2, 0) is 12.8 Å². The molecule has 1 atom stereocenters. The Balaban J connectivity index is 1.42. The molecule has 158 valence electrons. The fourth-order valence-corrected chi connectivity index (χ4v) is 5.05. The van der Waals surface area contributed by atoms with Gasteiger partial charge in [-0.2, -0.15) is 4.39 Å². The minimum atomic E-state index is -1.04. The number of H-pyrrole nitrogens is 1. The van der Waals surface area contributed by atoms with Gasteiger partial charge in [0.25, 0.3) is 5.56 Å². The smallest absolute Gasteiger partial charge is 0.335 e. The van der Waals surface area contributed by atoms with E-state index in [-0.39, 0.29) is 11.8 Å². The van der Waals surface area contributed by atoms with Crippen LogP contribution in [0.5, 0.6) is 0 Å². The average Bonchev–Trinajstić information content (AvgIpc) is 3.30. The molecule has 5 aromatic rings. The lowest BCUT2D eigenvalue weighted by molar-refractivity contribution is 0.500. The standard InChI is InChI=1S/C26H19FN2O3/c27-23-14-29(26(31)28-24(23)30)25-20(11-12-32-25)17-6-8-19-16(13-17)7-10-21-18-4-2-1-3-15(18)5-9-22(19)21/h1-5,7,9-12,14,17H,6,8,13H2,(H,28,30,31). The first kappa shape index (κ1) is 18.8. The van der Waals surface area contributed by atoms with Gasteiger partial charge in [-0.25, -0.2) is 9.36 Å². The number of hydrogen-bond acceptors (Lipinski definition) is 3. The highest BCUT2D eigenvalue weighted by Crippen LogP contribution is 2.39. The lowest BCUT2D eigenvalue weighted by atomic mass is 9.78. The largest absolute Gasteiger partial charge is 0.448 e. The number of nitrogens with zero attached hydrogens (tertiary/aromatic N) is 1. The third kappa shape index (κ3) is 2.83. The zero-order valence-corrected chi connectivity index (χ0v) is 17.1. The van der Waals surface area contributed by atoms with E-state index in [4.69, 9.17) is 4.42 Å². The van der Waals surface area contributed by atoms with Gasteiger partial charge in [-0.15, -0.1) is 0 Å². The van der Waals surface area contributed by atoms with Crippen molar-refractivity contribution < 1.29 is 8.81 Å². The monoisotopic (exact) mass is 426 g/mol. The Morgan fingerprint density at radius 1 is 0.969 bits per heavy atom. The molecule has 2 heterocycles. The highest BCUT2D eigenvalue weighted by atomic mass is 19.1. The van der Waals surface area contributed by atoms with E-state index in [1.165, 1.54) is 38.9 Å². The van der Waals surface area contributed by atoms with Crippen molar-refractivity contribution in [2.75, 3.05) is 0 Å². The highest BCUT2D eigenvalue weighted by Gasteiger charge is 2.26. The lowest BCUT2D eigenvalue weighted by Gasteiger charge is -2.26. The zero-order valence-electron chi connectivity index (χ0n) is 17.1. The predicted molar refractivity (Wildman–Crippen MR) is 121 cm³/mol. The number of aromatic nitrogens is 2. The van der Waals surface area contributed by atoms with Crippen molar-refractivity contribution in [3.63, 3.8) is 0 Å². The second-order valence-corrected chi connectivity index (χ2v) is 8.31. The van der Waals surface area contributed by atoms with Crippen molar-refractivity contribution in [1.82, 2.24) is 9.55 Å². The summed E-state index contributed by atoms with van der Waals surface area (Å²) in [4.78, 5) is 25.7. The molecule has 6 heteroatoms. The maximum absolute atomic E-state index is 13.8. The number of fused-ring (bicyclic) bond motifs is 5. The summed E-state index contributed by atoms with van der Waals surface area (Å²) in [5, 5.41) is 5.03. The van der Waals surface area contributed by atoms with E-state index in [2.05, 4.69) is 48.5 Å². The van der Waals surface area contributed by atoms with E-state index in [0.29, 0.717) is 0 Å². The van der Waals surface area contributed by atoms with Gasteiger partial charge in [-0.3, -0.25) is 9.78 Å². The molecule has 6 rings (SSSR count). The Kier molecular flexibility index (Phi) is 4.15. The second kappa shape index (κ2) is 7.05. The van der Waals surface area contributed by atoms with E-state index in [9.17, 15) is 14.0 Å². The normalized spacial score (nSPS) is 15.8. The Morgan fingerprint density at radius 2 is 1.81 bits per heavy atom. The van der Waals surface area contributed by atoms with Gasteiger partial charge < -0.3 is 4.42 Å². The van der Waals surface area contributed by atoms with Gasteiger partial charge in [0.15, 0.2) is 0 Å². The van der Waals surface area contributed by atoms with Crippen molar-refractivity contribution in [1.29, 1.82) is 0 Å². The average molecular weight is 426 g/mol. The number of furan rings is 1. The van der Waals surface area contributed by atoms with E-state index in [0.717, 1.165) is 35.6 Å². The second-order valence-electron chi connectivity index (χ2n) is 8.31. The van der Waals surface area contributed by atoms with Crippen molar-refractivity contribution in [3.05, 3.63) is 110 Å². The minimum Gasteiger partial charge on any atom is -0.448 e. The molecule has 0 amide bonds. The fourth-order valence-electron chi connectivity index (χ4n) is 5.05. The SMILES string of the molecule is O=c1[nH]c(=O)n(-c2occc2C2CCc3c(ccc4c3ccc3ccccc34)C2)cc1F. The predicted octanol–water partition coefficient (Wildman–Crippen LogP) is 4.84. The van der Waals surface area contributed by atoms with Crippen LogP contribution < -0.4 is 11.2 Å². The van der Waals surface area contributed by atoms with Crippen molar-refractivity contribution in [2.45, 2.75) is 25.2 Å². The molecular weight excluding hydrogens is 407 g/mol. The quantitative estimate of drug-likeness (QED) is 0.411. The van der Waals surface area contributed by atoms with Gasteiger partial charge in [-0.05, 0) is 63.9 Å². The van der Waals surface area contributed by atoms with Gasteiger partial charge in [0.2, 0.25) is 11.7 Å². The van der Waals surface area contributed by atoms with Crippen LogP contribution in [0.3, 0.4) is 0 Å². The van der Waals surface area contributed by atoms with Gasteiger partial charge in [-0.1, -0.05) is 48.5 Å². The molecule has 3 aromatic carbocycles. The van der Waals surface area contributed by atoms with Crippen molar-refractivity contribution in [2.24, 2.45) is 0 Å². The summed E-state index contributed by atoms with van der Waals surface area (Å²) in [6.07, 6.45) is 4.97. The summed E-state index contributed by atoms with van der Waals surface area (Å²) >= 11 is 0. The molecule has 2 aromatic heterocycles. The van der Waals surface area contributed by atoms with E-state index < -0.39 is 17.1 Å². The summed E-state index contributed by atoms with van der Waals surface area (Å²) in [6, 6.07) is 19.0. The van der Waals surface area contributed by atoms with Crippen LogP contribution in [0.2, 0.25) is 0 Å². The summed E-state index contributed by atoms with van der Waals surface area (Å²) < 4.78 is 20.4. The molecule has 0 bridgehead atoms. The number of benzene rings is 3. The molecule has 0 spiro atoms. The molecule has 0 aliphatic heterocycles. The van der Waals surface area contributed by atoms with E-state index >= 15 is 0 Å². The van der Waals surface area contributed by atoms with Gasteiger partial charge in [0.1, 0.15) is 0 Å². The van der Waals surface area contributed by atoms with Gasteiger partial charge in [0, 0.05) is 5.56 Å². The first-order valence-electron chi connectivity index (χ1n) is 10.6. The third-order valence-corrected chi connectivity index (χ3v) is 6.58. The highest BCUT2D eigenvalue weighted by molar-refractivity contribution is 6.08. The number of rotatable bonds is 2. The number of halogens is 1. The summed E-state index contributed by atoms with van der Waals surface area (Å²) in [5.74, 6) is -0.652. The summed E-state index contributed by atoms with van der Waals surface area (Å²) in [6.45, 7) is 0. The number of nitrogens with one attached hydrogen (secondary N) is 1. The van der Waals surface area contributed by atoms with Gasteiger partial charge >= 0.3 is 5.69 Å². The Hall–Kier alpha value is -3.93. The van der Waals surface area contributed by atoms with Crippen LogP contribution in [0.25, 0.3) is 27.4 Å². The van der Waals surface area contributed by atoms with Crippen LogP contribution >= 0.6 is 0 Å². The fraction of sp³-hybridized carbons (Fsp3) is 0.154. The minimum absolute atomic E-state index is 0.121. The molecule has 0 fully saturated rings. The maximum Gasteiger partial charge on any atom is 0.335 e. The molecule has 1 unspecified atom stereocenters. The number of aromatic amines is 1. The van der Waals surface area contributed by atoms with E-state index in [1.807, 2.05) is 11.1 Å². The van der Waals surface area contributed by atoms with Crippen molar-refractivity contribution in [3.8, 4) is 5.88 Å². The van der Waals surface area contributed by atoms with Crippen molar-refractivity contribution >= 4 is 21.5 Å². The molecule has 0 saturated carbocycles. The summed E-state index contributed by atoms with van der Waals surface area (Å²) in [7, 11) is 0. The first-order valence-corrected chi connectivity index (χ1v) is 10.6. The van der Waals surface area contributed by atoms with Crippen LogP contribution in [0.1, 0.15) is 29.0 Å². The Morgan fingerprint density at radius 3 is 2.72 bits per heavy atom. The zero-order chi connectivity index (χ0) is 21.8. The molecular formula is C26H19FN2O3. The Labute approximate surface area is 181 Å². The first-order chi connectivity index (χ1) is 15.6. The Bertz CT molecular complexity index is 1630. The van der Waals surface area contributed by atoms with Crippen LogP contribution in [-0.4, -0.2) is 9.55 Å². The third-order valence-electron chi connectivity index (χ3n) is 6.58. The molecule has 1 N–H and O–H groups in total. The van der Waals surface area contributed by atoms with Gasteiger partial charge in [0.05, 0.1) is 12.5 Å².